The fourth-order valence-electron chi connectivity index (χ4n) is 1.77. The van der Waals surface area contributed by atoms with Crippen molar-refractivity contribution in [2.24, 2.45) is 5.73 Å². The summed E-state index contributed by atoms with van der Waals surface area (Å²) in [4.78, 5) is 0. The lowest BCUT2D eigenvalue weighted by molar-refractivity contribution is 0.469. The van der Waals surface area contributed by atoms with E-state index in [9.17, 15) is 0 Å². The Bertz CT molecular complexity index is 572. The van der Waals surface area contributed by atoms with Crippen molar-refractivity contribution < 1.29 is 4.74 Å². The Hall–Kier alpha value is -1.22. The summed E-state index contributed by atoms with van der Waals surface area (Å²) in [5.41, 5.74) is 7.06. The predicted molar refractivity (Wildman–Crippen MR) is 80.2 cm³/mol. The summed E-state index contributed by atoms with van der Waals surface area (Å²) >= 11 is 11.9. The van der Waals surface area contributed by atoms with Gasteiger partial charge in [-0.25, -0.2) is 0 Å². The molecule has 0 aliphatic heterocycles. The van der Waals surface area contributed by atoms with Gasteiger partial charge in [-0.15, -0.1) is 0 Å². The molecule has 0 aliphatic rings. The molecule has 0 fully saturated rings. The summed E-state index contributed by atoms with van der Waals surface area (Å²) in [7, 11) is 0. The second-order valence-electron chi connectivity index (χ2n) is 4.23. The fraction of sp³-hybridized carbons (Fsp3) is 0.200. The number of hydrogen-bond acceptors (Lipinski definition) is 2. The molecule has 1 atom stereocenters. The van der Waals surface area contributed by atoms with Crippen LogP contribution in [0.4, 0.5) is 0 Å². The average Bonchev–Trinajstić information content (AvgIpc) is 2.43. The Morgan fingerprint density at radius 2 is 1.84 bits per heavy atom. The quantitative estimate of drug-likeness (QED) is 0.842. The Labute approximate surface area is 123 Å². The van der Waals surface area contributed by atoms with Crippen LogP contribution in [0.1, 0.15) is 24.9 Å². The van der Waals surface area contributed by atoms with Crippen LogP contribution in [0.2, 0.25) is 10.0 Å². The first-order valence-electron chi connectivity index (χ1n) is 6.09. The van der Waals surface area contributed by atoms with Crippen LogP contribution in [0.5, 0.6) is 11.5 Å². The predicted octanol–water partition coefficient (Wildman–Crippen LogP) is 5.20. The number of ether oxygens (including phenoxy) is 1. The van der Waals surface area contributed by atoms with Gasteiger partial charge >= 0.3 is 0 Å². The van der Waals surface area contributed by atoms with Crippen LogP contribution in [0, 0.1) is 0 Å². The molecule has 1 unspecified atom stereocenters. The molecule has 2 rings (SSSR count). The fourth-order valence-corrected chi connectivity index (χ4v) is 2.06. The summed E-state index contributed by atoms with van der Waals surface area (Å²) in [5.74, 6) is 1.39. The molecule has 0 heterocycles. The zero-order valence-electron chi connectivity index (χ0n) is 10.6. The highest BCUT2D eigenvalue weighted by molar-refractivity contribution is 6.42. The van der Waals surface area contributed by atoms with Gasteiger partial charge in [0.05, 0.1) is 10.0 Å². The highest BCUT2D eigenvalue weighted by Crippen LogP contribution is 2.33. The SMILES string of the molecule is CCC(N)c1ccccc1Oc1ccc(Cl)c(Cl)c1. The van der Waals surface area contributed by atoms with Crippen LogP contribution < -0.4 is 10.5 Å². The minimum Gasteiger partial charge on any atom is -0.457 e. The Kier molecular flexibility index (Phi) is 4.70. The molecule has 2 N–H and O–H groups in total. The average molecular weight is 296 g/mol. The van der Waals surface area contributed by atoms with Crippen molar-refractivity contribution >= 4 is 23.2 Å². The first-order valence-corrected chi connectivity index (χ1v) is 6.84. The lowest BCUT2D eigenvalue weighted by Gasteiger charge is -2.15. The number of halogens is 2. The molecule has 0 bridgehead atoms. The van der Waals surface area contributed by atoms with E-state index in [0.29, 0.717) is 15.8 Å². The third kappa shape index (κ3) is 3.41. The Morgan fingerprint density at radius 3 is 2.53 bits per heavy atom. The van der Waals surface area contributed by atoms with E-state index in [1.807, 2.05) is 31.2 Å². The summed E-state index contributed by atoms with van der Waals surface area (Å²) in [6.07, 6.45) is 0.849. The largest absolute Gasteiger partial charge is 0.457 e. The summed E-state index contributed by atoms with van der Waals surface area (Å²) in [6.45, 7) is 2.04. The topological polar surface area (TPSA) is 35.2 Å². The molecule has 19 heavy (non-hydrogen) atoms. The van der Waals surface area contributed by atoms with Crippen molar-refractivity contribution in [1.29, 1.82) is 0 Å². The maximum atomic E-state index is 6.08. The van der Waals surface area contributed by atoms with Gasteiger partial charge in [0.2, 0.25) is 0 Å². The molecule has 2 aromatic carbocycles. The lowest BCUT2D eigenvalue weighted by atomic mass is 10.0. The second-order valence-corrected chi connectivity index (χ2v) is 5.04. The third-order valence-corrected chi connectivity index (χ3v) is 3.62. The molecular formula is C15H15Cl2NO. The van der Waals surface area contributed by atoms with Crippen molar-refractivity contribution in [2.75, 3.05) is 0 Å². The van der Waals surface area contributed by atoms with Gasteiger partial charge in [-0.3, -0.25) is 0 Å². The number of nitrogens with two attached hydrogens (primary N) is 1. The van der Waals surface area contributed by atoms with E-state index >= 15 is 0 Å². The number of para-hydroxylation sites is 1. The molecule has 2 nitrogen and oxygen atoms in total. The van der Waals surface area contributed by atoms with Gasteiger partial charge in [0.15, 0.2) is 0 Å². The van der Waals surface area contributed by atoms with Gasteiger partial charge in [-0.2, -0.15) is 0 Å². The molecule has 4 heteroatoms. The van der Waals surface area contributed by atoms with Crippen molar-refractivity contribution in [3.8, 4) is 11.5 Å². The van der Waals surface area contributed by atoms with Gasteiger partial charge in [0, 0.05) is 17.7 Å². The molecule has 0 spiro atoms. The van der Waals surface area contributed by atoms with Crippen LogP contribution in [0.15, 0.2) is 42.5 Å². The molecule has 0 radical (unpaired) electrons. The molecule has 0 amide bonds. The number of hydrogen-bond donors (Lipinski definition) is 1. The van der Waals surface area contributed by atoms with E-state index in [0.717, 1.165) is 17.7 Å². The summed E-state index contributed by atoms with van der Waals surface area (Å²) in [6, 6.07) is 12.9. The third-order valence-electron chi connectivity index (χ3n) is 2.88. The van der Waals surface area contributed by atoms with Gasteiger partial charge in [-0.05, 0) is 24.6 Å². The maximum Gasteiger partial charge on any atom is 0.132 e. The van der Waals surface area contributed by atoms with Crippen molar-refractivity contribution in [2.45, 2.75) is 19.4 Å². The van der Waals surface area contributed by atoms with E-state index in [1.54, 1.807) is 18.2 Å². The zero-order valence-corrected chi connectivity index (χ0v) is 12.1. The van der Waals surface area contributed by atoms with Gasteiger partial charge < -0.3 is 10.5 Å². The molecule has 100 valence electrons. The summed E-state index contributed by atoms with van der Waals surface area (Å²) < 4.78 is 5.85. The Balaban J connectivity index is 2.30. The maximum absolute atomic E-state index is 6.08. The Morgan fingerprint density at radius 1 is 1.11 bits per heavy atom. The highest BCUT2D eigenvalue weighted by Gasteiger charge is 2.11. The van der Waals surface area contributed by atoms with Gasteiger partial charge in [0.1, 0.15) is 11.5 Å². The van der Waals surface area contributed by atoms with Crippen LogP contribution in [0.25, 0.3) is 0 Å². The van der Waals surface area contributed by atoms with Crippen LogP contribution in [-0.2, 0) is 0 Å². The highest BCUT2D eigenvalue weighted by atomic mass is 35.5. The van der Waals surface area contributed by atoms with E-state index in [2.05, 4.69) is 0 Å². The van der Waals surface area contributed by atoms with E-state index < -0.39 is 0 Å². The van der Waals surface area contributed by atoms with Crippen molar-refractivity contribution in [3.05, 3.63) is 58.1 Å². The smallest absolute Gasteiger partial charge is 0.132 e. The van der Waals surface area contributed by atoms with E-state index in [-0.39, 0.29) is 6.04 Å². The molecule has 0 aromatic heterocycles. The minimum absolute atomic E-state index is 0.0426. The van der Waals surface area contributed by atoms with E-state index in [1.165, 1.54) is 0 Å². The van der Waals surface area contributed by atoms with Crippen molar-refractivity contribution in [1.82, 2.24) is 0 Å². The molecule has 2 aromatic rings. The summed E-state index contributed by atoms with van der Waals surface area (Å²) in [5, 5.41) is 0.976. The first kappa shape index (κ1) is 14.2. The molecule has 0 aliphatic carbocycles. The molecule has 0 saturated carbocycles. The first-order chi connectivity index (χ1) is 9.11. The zero-order chi connectivity index (χ0) is 13.8. The van der Waals surface area contributed by atoms with Crippen LogP contribution in [-0.4, -0.2) is 0 Å². The number of rotatable bonds is 4. The number of benzene rings is 2. The van der Waals surface area contributed by atoms with Crippen LogP contribution >= 0.6 is 23.2 Å². The molecular weight excluding hydrogens is 281 g/mol. The standard InChI is InChI=1S/C15H15Cl2NO/c1-2-14(18)11-5-3-4-6-15(11)19-10-7-8-12(16)13(17)9-10/h3-9,14H,2,18H2,1H3. The second kappa shape index (κ2) is 6.29. The monoisotopic (exact) mass is 295 g/mol. The lowest BCUT2D eigenvalue weighted by Crippen LogP contribution is -2.09. The van der Waals surface area contributed by atoms with Crippen LogP contribution in [0.3, 0.4) is 0 Å². The minimum atomic E-state index is -0.0426. The van der Waals surface area contributed by atoms with Gasteiger partial charge in [0.25, 0.3) is 0 Å². The van der Waals surface area contributed by atoms with Crippen molar-refractivity contribution in [3.63, 3.8) is 0 Å². The normalized spacial score (nSPS) is 12.2. The molecule has 0 saturated heterocycles. The van der Waals surface area contributed by atoms with E-state index in [4.69, 9.17) is 33.7 Å². The van der Waals surface area contributed by atoms with Gasteiger partial charge in [-0.1, -0.05) is 48.3 Å².